The minimum Gasteiger partial charge on any atom is -0.343 e. The van der Waals surface area contributed by atoms with E-state index in [0.29, 0.717) is 25.4 Å². The Morgan fingerprint density at radius 2 is 1.72 bits per heavy atom. The molecule has 1 saturated heterocycles. The van der Waals surface area contributed by atoms with Crippen LogP contribution in [-0.4, -0.2) is 43.0 Å². The summed E-state index contributed by atoms with van der Waals surface area (Å²) in [6.45, 7) is 7.09. The Morgan fingerprint density at radius 1 is 1.11 bits per heavy atom. The molecule has 1 aliphatic rings. The van der Waals surface area contributed by atoms with Gasteiger partial charge in [-0.1, -0.05) is 13.8 Å². The van der Waals surface area contributed by atoms with Crippen LogP contribution in [0.15, 0.2) is 0 Å². The molecule has 0 radical (unpaired) electrons. The van der Waals surface area contributed by atoms with Crippen LogP contribution in [0, 0.1) is 5.92 Å². The maximum absolute atomic E-state index is 11.7. The number of hydrogen-bond acceptors (Lipinski definition) is 2. The van der Waals surface area contributed by atoms with Gasteiger partial charge in [0, 0.05) is 32.6 Å². The van der Waals surface area contributed by atoms with Crippen molar-refractivity contribution in [1.29, 1.82) is 0 Å². The van der Waals surface area contributed by atoms with Gasteiger partial charge < -0.3 is 15.5 Å². The second-order valence-electron chi connectivity index (χ2n) is 5.20. The molecule has 1 fully saturated rings. The fraction of sp³-hybridized carbons (Fsp3) is 0.846. The van der Waals surface area contributed by atoms with Gasteiger partial charge in [0.25, 0.3) is 0 Å². The van der Waals surface area contributed by atoms with E-state index >= 15 is 0 Å². The molecule has 1 heterocycles. The Morgan fingerprint density at radius 3 is 2.33 bits per heavy atom. The third kappa shape index (κ3) is 5.89. The number of carbonyl (C=O) groups is 2. The van der Waals surface area contributed by atoms with Crippen molar-refractivity contribution in [2.45, 2.75) is 39.5 Å². The predicted octanol–water partition coefficient (Wildman–Crippen LogP) is 1.34. The molecule has 0 aromatic heterocycles. The highest BCUT2D eigenvalue weighted by molar-refractivity contribution is 5.78. The van der Waals surface area contributed by atoms with Crippen LogP contribution in [0.5, 0.6) is 0 Å². The van der Waals surface area contributed by atoms with Crippen molar-refractivity contribution in [1.82, 2.24) is 15.5 Å². The first-order valence-electron chi connectivity index (χ1n) is 6.89. The molecular formula is C13H25N3O2. The average Bonchev–Trinajstić information content (AvgIpc) is 2.81. The monoisotopic (exact) mass is 255 g/mol. The predicted molar refractivity (Wildman–Crippen MR) is 71.3 cm³/mol. The molecule has 0 atom stereocenters. The molecule has 1 aliphatic heterocycles. The summed E-state index contributed by atoms with van der Waals surface area (Å²) in [5.41, 5.74) is 0. The molecule has 0 unspecified atom stereocenters. The summed E-state index contributed by atoms with van der Waals surface area (Å²) in [5, 5.41) is 5.50. The van der Waals surface area contributed by atoms with E-state index in [9.17, 15) is 9.59 Å². The van der Waals surface area contributed by atoms with Gasteiger partial charge in [-0.25, -0.2) is 4.79 Å². The molecule has 5 heteroatoms. The van der Waals surface area contributed by atoms with E-state index in [1.54, 1.807) is 0 Å². The highest BCUT2D eigenvalue weighted by atomic mass is 16.2. The molecule has 5 nitrogen and oxygen atoms in total. The number of nitrogens with zero attached hydrogens (tertiary/aromatic N) is 1. The van der Waals surface area contributed by atoms with Crippen LogP contribution >= 0.6 is 0 Å². The zero-order valence-electron chi connectivity index (χ0n) is 11.5. The van der Waals surface area contributed by atoms with E-state index in [1.807, 2.05) is 4.90 Å². The number of amides is 3. The molecule has 3 amide bonds. The third-order valence-electron chi connectivity index (χ3n) is 3.09. The van der Waals surface area contributed by atoms with E-state index < -0.39 is 0 Å². The topological polar surface area (TPSA) is 61.4 Å². The third-order valence-corrected chi connectivity index (χ3v) is 3.09. The quantitative estimate of drug-likeness (QED) is 0.752. The smallest absolute Gasteiger partial charge is 0.314 e. The van der Waals surface area contributed by atoms with Crippen molar-refractivity contribution in [3.05, 3.63) is 0 Å². The Labute approximate surface area is 109 Å². The van der Waals surface area contributed by atoms with Gasteiger partial charge in [-0.05, 0) is 25.2 Å². The molecule has 0 aromatic carbocycles. The number of nitrogens with one attached hydrogen (secondary N) is 2. The molecule has 0 bridgehead atoms. The van der Waals surface area contributed by atoms with Crippen molar-refractivity contribution in [3.8, 4) is 0 Å². The zero-order chi connectivity index (χ0) is 13.4. The van der Waals surface area contributed by atoms with Gasteiger partial charge in [0.15, 0.2) is 0 Å². The molecule has 0 saturated carbocycles. The van der Waals surface area contributed by atoms with Crippen LogP contribution in [-0.2, 0) is 4.79 Å². The normalized spacial score (nSPS) is 14.9. The van der Waals surface area contributed by atoms with Gasteiger partial charge in [0.05, 0.1) is 0 Å². The second-order valence-corrected chi connectivity index (χ2v) is 5.20. The summed E-state index contributed by atoms with van der Waals surface area (Å²) in [6, 6.07) is -0.176. The first-order chi connectivity index (χ1) is 8.59. The van der Waals surface area contributed by atoms with Gasteiger partial charge >= 0.3 is 6.03 Å². The first-order valence-corrected chi connectivity index (χ1v) is 6.89. The number of likely N-dealkylation sites (tertiary alicyclic amines) is 1. The number of rotatable bonds is 6. The van der Waals surface area contributed by atoms with Crippen LogP contribution in [0.3, 0.4) is 0 Å². The van der Waals surface area contributed by atoms with Gasteiger partial charge in [-0.15, -0.1) is 0 Å². The minimum absolute atomic E-state index is 0.148. The van der Waals surface area contributed by atoms with Crippen molar-refractivity contribution in [3.63, 3.8) is 0 Å². The van der Waals surface area contributed by atoms with Crippen LogP contribution in [0.1, 0.15) is 39.5 Å². The van der Waals surface area contributed by atoms with Crippen LogP contribution in [0.4, 0.5) is 4.79 Å². The number of hydrogen-bond donors (Lipinski definition) is 2. The lowest BCUT2D eigenvalue weighted by atomic mass is 10.1. The Kier molecular flexibility index (Phi) is 6.54. The second kappa shape index (κ2) is 7.95. The minimum atomic E-state index is -0.176. The SMILES string of the molecule is CC(C)CCNC(=O)NCCC(=O)N1CCCC1. The van der Waals surface area contributed by atoms with Gasteiger partial charge in [0.1, 0.15) is 0 Å². The van der Waals surface area contributed by atoms with Crippen molar-refractivity contribution in [2.24, 2.45) is 5.92 Å². The largest absolute Gasteiger partial charge is 0.343 e. The van der Waals surface area contributed by atoms with E-state index in [1.165, 1.54) is 0 Å². The Hall–Kier alpha value is -1.26. The lowest BCUT2D eigenvalue weighted by molar-refractivity contribution is -0.129. The van der Waals surface area contributed by atoms with E-state index in [-0.39, 0.29) is 11.9 Å². The van der Waals surface area contributed by atoms with E-state index in [4.69, 9.17) is 0 Å². The molecule has 1 rings (SSSR count). The summed E-state index contributed by atoms with van der Waals surface area (Å²) in [4.78, 5) is 24.9. The summed E-state index contributed by atoms with van der Waals surface area (Å²) in [5.74, 6) is 0.733. The average molecular weight is 255 g/mol. The lowest BCUT2D eigenvalue weighted by Gasteiger charge is -2.15. The van der Waals surface area contributed by atoms with E-state index in [0.717, 1.165) is 32.4 Å². The van der Waals surface area contributed by atoms with E-state index in [2.05, 4.69) is 24.5 Å². The van der Waals surface area contributed by atoms with Crippen molar-refractivity contribution in [2.75, 3.05) is 26.2 Å². The van der Waals surface area contributed by atoms with Gasteiger partial charge in [0.2, 0.25) is 5.91 Å². The Balaban J connectivity index is 2.02. The lowest BCUT2D eigenvalue weighted by Crippen LogP contribution is -2.38. The van der Waals surface area contributed by atoms with Gasteiger partial charge in [-0.3, -0.25) is 4.79 Å². The molecule has 0 aromatic rings. The van der Waals surface area contributed by atoms with Crippen LogP contribution < -0.4 is 10.6 Å². The highest BCUT2D eigenvalue weighted by Gasteiger charge is 2.17. The summed E-state index contributed by atoms with van der Waals surface area (Å²) < 4.78 is 0. The molecule has 104 valence electrons. The van der Waals surface area contributed by atoms with Crippen molar-refractivity contribution >= 4 is 11.9 Å². The van der Waals surface area contributed by atoms with Crippen LogP contribution in [0.2, 0.25) is 0 Å². The van der Waals surface area contributed by atoms with Gasteiger partial charge in [-0.2, -0.15) is 0 Å². The van der Waals surface area contributed by atoms with Crippen LogP contribution in [0.25, 0.3) is 0 Å². The zero-order valence-corrected chi connectivity index (χ0v) is 11.5. The Bertz CT molecular complexity index is 273. The molecular weight excluding hydrogens is 230 g/mol. The molecule has 18 heavy (non-hydrogen) atoms. The first kappa shape index (κ1) is 14.8. The summed E-state index contributed by atoms with van der Waals surface area (Å²) in [7, 11) is 0. The maximum Gasteiger partial charge on any atom is 0.314 e. The standard InChI is InChI=1S/C13H25N3O2/c1-11(2)5-7-14-13(18)15-8-6-12(17)16-9-3-4-10-16/h11H,3-10H2,1-2H3,(H2,14,15,18). The maximum atomic E-state index is 11.7. The fourth-order valence-corrected chi connectivity index (χ4v) is 1.94. The number of carbonyl (C=O) groups excluding carboxylic acids is 2. The summed E-state index contributed by atoms with van der Waals surface area (Å²) >= 11 is 0. The highest BCUT2D eigenvalue weighted by Crippen LogP contribution is 2.08. The fourth-order valence-electron chi connectivity index (χ4n) is 1.94. The molecule has 0 aliphatic carbocycles. The molecule has 2 N–H and O–H groups in total. The molecule has 0 spiro atoms. The van der Waals surface area contributed by atoms with Crippen molar-refractivity contribution < 1.29 is 9.59 Å². The number of urea groups is 1. The summed E-state index contributed by atoms with van der Waals surface area (Å²) in [6.07, 6.45) is 3.58.